The zero-order chi connectivity index (χ0) is 14.1. The summed E-state index contributed by atoms with van der Waals surface area (Å²) in [5.41, 5.74) is 10.1. The summed E-state index contributed by atoms with van der Waals surface area (Å²) in [6.45, 7) is 2.04. The molecule has 3 rings (SSSR count). The van der Waals surface area contributed by atoms with Gasteiger partial charge < -0.3 is 5.73 Å². The van der Waals surface area contributed by atoms with E-state index in [0.29, 0.717) is 12.3 Å². The zero-order valence-electron chi connectivity index (χ0n) is 11.6. The van der Waals surface area contributed by atoms with Gasteiger partial charge in [0.1, 0.15) is 5.84 Å². The maximum atomic E-state index is 5.87. The quantitative estimate of drug-likeness (QED) is 0.904. The van der Waals surface area contributed by atoms with E-state index in [0.717, 1.165) is 17.0 Å². The van der Waals surface area contributed by atoms with Crippen LogP contribution in [0.25, 0.3) is 0 Å². The highest BCUT2D eigenvalue weighted by atomic mass is 15.3. The van der Waals surface area contributed by atoms with Crippen LogP contribution < -0.4 is 5.73 Å². The number of nitrogens with two attached hydrogens (primary N) is 1. The molecule has 0 spiro atoms. The maximum absolute atomic E-state index is 5.87. The molecule has 2 aromatic rings. The van der Waals surface area contributed by atoms with Crippen molar-refractivity contribution < 1.29 is 0 Å². The Hall–Kier alpha value is -2.43. The van der Waals surface area contributed by atoms with Crippen molar-refractivity contribution in [2.24, 2.45) is 23.0 Å². The molecule has 0 amide bonds. The van der Waals surface area contributed by atoms with Gasteiger partial charge in [0.05, 0.1) is 11.9 Å². The van der Waals surface area contributed by atoms with Gasteiger partial charge in [0.15, 0.2) is 0 Å². The highest BCUT2D eigenvalue weighted by Gasteiger charge is 2.26. The molecule has 1 aromatic heterocycles. The van der Waals surface area contributed by atoms with Gasteiger partial charge in [-0.3, -0.25) is 4.68 Å². The summed E-state index contributed by atoms with van der Waals surface area (Å²) in [7, 11) is 1.93. The van der Waals surface area contributed by atoms with Crippen LogP contribution in [0, 0.1) is 6.92 Å². The second-order valence-electron chi connectivity index (χ2n) is 5.01. The van der Waals surface area contributed by atoms with E-state index in [-0.39, 0.29) is 5.92 Å². The van der Waals surface area contributed by atoms with E-state index in [2.05, 4.69) is 27.4 Å². The van der Waals surface area contributed by atoms with Crippen LogP contribution in [-0.4, -0.2) is 21.3 Å². The van der Waals surface area contributed by atoms with Gasteiger partial charge in [-0.1, -0.05) is 30.3 Å². The van der Waals surface area contributed by atoms with Crippen molar-refractivity contribution in [3.8, 4) is 0 Å². The van der Waals surface area contributed by atoms with Gasteiger partial charge in [0.25, 0.3) is 0 Å². The number of aromatic nitrogens is 2. The molecule has 0 saturated carbocycles. The van der Waals surface area contributed by atoms with Crippen LogP contribution in [0.15, 0.2) is 46.7 Å². The summed E-state index contributed by atoms with van der Waals surface area (Å²) in [4.78, 5) is 0. The van der Waals surface area contributed by atoms with Crippen LogP contribution in [0.5, 0.6) is 0 Å². The van der Waals surface area contributed by atoms with Crippen LogP contribution in [0.4, 0.5) is 0 Å². The van der Waals surface area contributed by atoms with E-state index in [9.17, 15) is 0 Å². The molecule has 2 N–H and O–H groups in total. The molecule has 1 aliphatic rings. The number of amidine groups is 1. The Kier molecular flexibility index (Phi) is 3.10. The lowest BCUT2D eigenvalue weighted by molar-refractivity contribution is 0.739. The first kappa shape index (κ1) is 12.6. The van der Waals surface area contributed by atoms with Gasteiger partial charge in [-0.15, -0.1) is 5.10 Å². The van der Waals surface area contributed by atoms with Gasteiger partial charge in [-0.25, -0.2) is 0 Å². The highest BCUT2D eigenvalue weighted by molar-refractivity contribution is 6.09. The molecule has 1 aromatic carbocycles. The number of nitrogens with zero attached hydrogens (tertiary/aromatic N) is 4. The standard InChI is InChI=1S/C15H17N5/c1-10-13(9-17-20(10)2)15-12(8-14(16)18-19-15)11-6-4-3-5-7-11/h3-7,9,12H,8H2,1-2H3,(H2,16,18). The first-order valence-corrected chi connectivity index (χ1v) is 6.60. The molecule has 0 saturated heterocycles. The SMILES string of the molecule is Cc1c(C2=NN=C(N)CC2c2ccccc2)cnn1C. The van der Waals surface area contributed by atoms with Gasteiger partial charge >= 0.3 is 0 Å². The Labute approximate surface area is 117 Å². The van der Waals surface area contributed by atoms with E-state index in [1.807, 2.05) is 43.0 Å². The average Bonchev–Trinajstić information content (AvgIpc) is 2.80. The lowest BCUT2D eigenvalue weighted by atomic mass is 9.86. The summed E-state index contributed by atoms with van der Waals surface area (Å²) < 4.78 is 1.85. The fourth-order valence-electron chi connectivity index (χ4n) is 2.49. The van der Waals surface area contributed by atoms with Crippen LogP contribution in [0.3, 0.4) is 0 Å². The molecule has 5 nitrogen and oxygen atoms in total. The van der Waals surface area contributed by atoms with Crippen molar-refractivity contribution in [2.45, 2.75) is 19.3 Å². The normalized spacial score (nSPS) is 18.6. The predicted octanol–water partition coefficient (Wildman–Crippen LogP) is 1.98. The predicted molar refractivity (Wildman–Crippen MR) is 79.9 cm³/mol. The lowest BCUT2D eigenvalue weighted by Crippen LogP contribution is -2.26. The minimum Gasteiger partial charge on any atom is -0.386 e. The second kappa shape index (κ2) is 4.92. The molecule has 0 radical (unpaired) electrons. The highest BCUT2D eigenvalue weighted by Crippen LogP contribution is 2.28. The second-order valence-corrected chi connectivity index (χ2v) is 5.01. The molecule has 102 valence electrons. The number of benzene rings is 1. The summed E-state index contributed by atoms with van der Waals surface area (Å²) in [5, 5.41) is 12.7. The maximum Gasteiger partial charge on any atom is 0.123 e. The smallest absolute Gasteiger partial charge is 0.123 e. The molecule has 0 fully saturated rings. The molecular weight excluding hydrogens is 250 g/mol. The molecule has 2 heterocycles. The summed E-state index contributed by atoms with van der Waals surface area (Å²) >= 11 is 0. The third kappa shape index (κ3) is 2.11. The summed E-state index contributed by atoms with van der Waals surface area (Å²) in [6, 6.07) is 10.3. The first-order chi connectivity index (χ1) is 9.66. The van der Waals surface area contributed by atoms with Crippen LogP contribution in [0.1, 0.15) is 29.2 Å². The molecule has 0 aliphatic carbocycles. The molecule has 20 heavy (non-hydrogen) atoms. The van der Waals surface area contributed by atoms with Gasteiger partial charge in [-0.2, -0.15) is 10.2 Å². The summed E-state index contributed by atoms with van der Waals surface area (Å²) in [6.07, 6.45) is 2.54. The van der Waals surface area contributed by atoms with Crippen LogP contribution >= 0.6 is 0 Å². The first-order valence-electron chi connectivity index (χ1n) is 6.60. The largest absolute Gasteiger partial charge is 0.386 e. The molecule has 1 atom stereocenters. The van der Waals surface area contributed by atoms with Crippen molar-refractivity contribution in [1.82, 2.24) is 9.78 Å². The number of rotatable bonds is 2. The van der Waals surface area contributed by atoms with Crippen molar-refractivity contribution in [1.29, 1.82) is 0 Å². The lowest BCUT2D eigenvalue weighted by Gasteiger charge is -2.21. The molecular formula is C15H17N5. The van der Waals surface area contributed by atoms with Crippen molar-refractivity contribution >= 4 is 11.5 Å². The average molecular weight is 267 g/mol. The van der Waals surface area contributed by atoms with Crippen molar-refractivity contribution in [2.75, 3.05) is 0 Å². The van der Waals surface area contributed by atoms with E-state index < -0.39 is 0 Å². The number of hydrogen-bond donors (Lipinski definition) is 1. The van der Waals surface area contributed by atoms with E-state index in [4.69, 9.17) is 5.73 Å². The molecule has 0 bridgehead atoms. The Bertz CT molecular complexity index is 682. The van der Waals surface area contributed by atoms with Gasteiger partial charge in [0, 0.05) is 30.6 Å². The molecule has 1 unspecified atom stereocenters. The minimum absolute atomic E-state index is 0.136. The Balaban J connectivity index is 2.08. The van der Waals surface area contributed by atoms with Crippen molar-refractivity contribution in [3.63, 3.8) is 0 Å². The number of hydrogen-bond acceptors (Lipinski definition) is 4. The number of aryl methyl sites for hydroxylation is 1. The molecule has 1 aliphatic heterocycles. The van der Waals surface area contributed by atoms with Crippen LogP contribution in [-0.2, 0) is 7.05 Å². The third-order valence-corrected chi connectivity index (χ3v) is 3.74. The van der Waals surface area contributed by atoms with E-state index in [1.165, 1.54) is 5.56 Å². The Morgan fingerprint density at radius 2 is 1.95 bits per heavy atom. The van der Waals surface area contributed by atoms with E-state index in [1.54, 1.807) is 0 Å². The fourth-order valence-corrected chi connectivity index (χ4v) is 2.49. The van der Waals surface area contributed by atoms with E-state index >= 15 is 0 Å². The van der Waals surface area contributed by atoms with Crippen molar-refractivity contribution in [3.05, 3.63) is 53.3 Å². The van der Waals surface area contributed by atoms with Gasteiger partial charge in [0.2, 0.25) is 0 Å². The molecule has 5 heteroatoms. The van der Waals surface area contributed by atoms with Gasteiger partial charge in [-0.05, 0) is 12.5 Å². The zero-order valence-corrected chi connectivity index (χ0v) is 11.6. The van der Waals surface area contributed by atoms with Crippen LogP contribution in [0.2, 0.25) is 0 Å². The third-order valence-electron chi connectivity index (χ3n) is 3.74. The summed E-state index contributed by atoms with van der Waals surface area (Å²) in [5.74, 6) is 0.709. The Morgan fingerprint density at radius 3 is 2.60 bits per heavy atom. The minimum atomic E-state index is 0.136. The fraction of sp³-hybridized carbons (Fsp3) is 0.267. The monoisotopic (exact) mass is 267 g/mol. The topological polar surface area (TPSA) is 68.6 Å². The Morgan fingerprint density at radius 1 is 1.20 bits per heavy atom.